The summed E-state index contributed by atoms with van der Waals surface area (Å²) in [6, 6.07) is 14.3. The Kier molecular flexibility index (Phi) is 8.30. The molecule has 0 bridgehead atoms. The smallest absolute Gasteiger partial charge is 0.241 e. The van der Waals surface area contributed by atoms with Crippen molar-refractivity contribution in [2.45, 2.75) is 32.4 Å². The molecule has 1 aromatic carbocycles. The topological polar surface area (TPSA) is 82.1 Å². The van der Waals surface area contributed by atoms with Gasteiger partial charge in [0, 0.05) is 38.9 Å². The molecule has 1 aromatic heterocycles. The summed E-state index contributed by atoms with van der Waals surface area (Å²) in [5.74, 6) is 2.51. The van der Waals surface area contributed by atoms with Gasteiger partial charge in [-0.1, -0.05) is 18.2 Å². The largest absolute Gasteiger partial charge is 0.497 e. The summed E-state index contributed by atoms with van der Waals surface area (Å²) >= 11 is 0. The average molecular weight is 439 g/mol. The van der Waals surface area contributed by atoms with Gasteiger partial charge in [-0.3, -0.25) is 4.79 Å². The first-order chi connectivity index (χ1) is 15.4. The number of carbonyl (C=O) groups is 1. The Morgan fingerprint density at radius 2 is 1.91 bits per heavy atom. The summed E-state index contributed by atoms with van der Waals surface area (Å²) < 4.78 is 5.22. The van der Waals surface area contributed by atoms with Crippen molar-refractivity contribution in [1.29, 1.82) is 0 Å². The molecule has 0 aliphatic carbocycles. The number of aliphatic imine (C=N–C) groups is 1. The van der Waals surface area contributed by atoms with Crippen LogP contribution in [0.5, 0.6) is 5.75 Å². The molecule has 1 aliphatic heterocycles. The Bertz CT molecular complexity index is 905. The highest BCUT2D eigenvalue weighted by molar-refractivity contribution is 5.86. The second-order valence-corrected chi connectivity index (χ2v) is 8.20. The molecule has 2 aromatic rings. The van der Waals surface area contributed by atoms with Crippen LogP contribution in [0.1, 0.15) is 24.1 Å². The van der Waals surface area contributed by atoms with Crippen LogP contribution in [0.2, 0.25) is 0 Å². The van der Waals surface area contributed by atoms with Gasteiger partial charge in [0.1, 0.15) is 11.6 Å². The molecule has 1 fully saturated rings. The Morgan fingerprint density at radius 1 is 1.19 bits per heavy atom. The second-order valence-electron chi connectivity index (χ2n) is 8.20. The van der Waals surface area contributed by atoms with E-state index in [1.807, 2.05) is 37.3 Å². The number of guanidine groups is 1. The van der Waals surface area contributed by atoms with Crippen molar-refractivity contribution >= 4 is 17.7 Å². The Hall–Kier alpha value is -3.29. The number of hydrogen-bond donors (Lipinski definition) is 2. The van der Waals surface area contributed by atoms with Crippen LogP contribution in [-0.2, 0) is 11.3 Å². The first-order valence-corrected chi connectivity index (χ1v) is 11.0. The molecular formula is C24H34N6O2. The molecular weight excluding hydrogens is 404 g/mol. The molecule has 0 atom stereocenters. The highest BCUT2D eigenvalue weighted by Gasteiger charge is 2.21. The van der Waals surface area contributed by atoms with Crippen molar-refractivity contribution in [3.63, 3.8) is 0 Å². The molecule has 32 heavy (non-hydrogen) atoms. The molecule has 8 nitrogen and oxygen atoms in total. The van der Waals surface area contributed by atoms with Gasteiger partial charge in [0.15, 0.2) is 5.96 Å². The van der Waals surface area contributed by atoms with E-state index in [-0.39, 0.29) is 18.5 Å². The highest BCUT2D eigenvalue weighted by Crippen LogP contribution is 2.18. The monoisotopic (exact) mass is 438 g/mol. The third-order valence-electron chi connectivity index (χ3n) is 5.52. The predicted molar refractivity (Wildman–Crippen MR) is 128 cm³/mol. The fourth-order valence-corrected chi connectivity index (χ4v) is 3.52. The van der Waals surface area contributed by atoms with Gasteiger partial charge in [-0.2, -0.15) is 0 Å². The number of likely N-dealkylation sites (N-methyl/N-ethyl adjacent to an activating group) is 1. The van der Waals surface area contributed by atoms with E-state index < -0.39 is 0 Å². The van der Waals surface area contributed by atoms with Gasteiger partial charge in [-0.05, 0) is 49.6 Å². The van der Waals surface area contributed by atoms with Crippen LogP contribution in [-0.4, -0.2) is 68.6 Å². The number of aryl methyl sites for hydroxylation is 1. The van der Waals surface area contributed by atoms with Crippen molar-refractivity contribution in [3.05, 3.63) is 53.7 Å². The molecule has 1 saturated heterocycles. The van der Waals surface area contributed by atoms with Crippen molar-refractivity contribution in [1.82, 2.24) is 20.5 Å². The third kappa shape index (κ3) is 6.87. The number of benzene rings is 1. The molecule has 1 aliphatic rings. The number of aromatic nitrogens is 1. The second kappa shape index (κ2) is 11.4. The fourth-order valence-electron chi connectivity index (χ4n) is 3.52. The number of methoxy groups -OCH3 is 1. The van der Waals surface area contributed by atoms with Gasteiger partial charge >= 0.3 is 0 Å². The first-order valence-electron chi connectivity index (χ1n) is 11.0. The van der Waals surface area contributed by atoms with E-state index in [1.54, 1.807) is 26.1 Å². The highest BCUT2D eigenvalue weighted by atomic mass is 16.5. The van der Waals surface area contributed by atoms with E-state index in [2.05, 4.69) is 32.7 Å². The summed E-state index contributed by atoms with van der Waals surface area (Å²) in [5, 5.41) is 6.71. The number of nitrogens with one attached hydrogen (secondary N) is 2. The zero-order valence-corrected chi connectivity index (χ0v) is 19.5. The van der Waals surface area contributed by atoms with E-state index >= 15 is 0 Å². The number of pyridine rings is 1. The van der Waals surface area contributed by atoms with Gasteiger partial charge in [0.25, 0.3) is 0 Å². The summed E-state index contributed by atoms with van der Waals surface area (Å²) in [6.45, 7) is 4.59. The number of ether oxygens (including phenoxy) is 1. The van der Waals surface area contributed by atoms with Crippen molar-refractivity contribution in [2.24, 2.45) is 4.99 Å². The van der Waals surface area contributed by atoms with E-state index in [1.165, 1.54) is 0 Å². The van der Waals surface area contributed by atoms with Crippen LogP contribution in [0.15, 0.2) is 47.5 Å². The Morgan fingerprint density at radius 3 is 2.53 bits per heavy atom. The molecule has 0 saturated carbocycles. The lowest BCUT2D eigenvalue weighted by Gasteiger charge is -2.34. The average Bonchev–Trinajstić information content (AvgIpc) is 2.81. The fraction of sp³-hybridized carbons (Fsp3) is 0.458. The number of piperidine rings is 1. The van der Waals surface area contributed by atoms with Crippen molar-refractivity contribution in [2.75, 3.05) is 45.7 Å². The van der Waals surface area contributed by atoms with E-state index in [4.69, 9.17) is 9.73 Å². The number of amides is 1. The molecule has 0 spiro atoms. The van der Waals surface area contributed by atoms with Crippen LogP contribution in [0, 0.1) is 6.92 Å². The summed E-state index contributed by atoms with van der Waals surface area (Å²) in [5.41, 5.74) is 2.11. The maximum Gasteiger partial charge on any atom is 0.241 e. The molecule has 3 rings (SSSR count). The lowest BCUT2D eigenvalue weighted by molar-refractivity contribution is -0.127. The van der Waals surface area contributed by atoms with Gasteiger partial charge in [-0.15, -0.1) is 0 Å². The summed E-state index contributed by atoms with van der Waals surface area (Å²) in [6.07, 6.45) is 1.95. The van der Waals surface area contributed by atoms with Crippen LogP contribution in [0.25, 0.3) is 0 Å². The first kappa shape index (κ1) is 23.4. The van der Waals surface area contributed by atoms with E-state index in [0.717, 1.165) is 48.8 Å². The van der Waals surface area contributed by atoms with Gasteiger partial charge in [0.2, 0.25) is 5.91 Å². The molecule has 0 unspecified atom stereocenters. The van der Waals surface area contributed by atoms with Gasteiger partial charge in [-0.25, -0.2) is 9.98 Å². The Labute approximate surface area is 190 Å². The quantitative estimate of drug-likeness (QED) is 0.509. The number of hydrogen-bond acceptors (Lipinski definition) is 5. The van der Waals surface area contributed by atoms with Crippen LogP contribution in [0.3, 0.4) is 0 Å². The normalized spacial score (nSPS) is 14.8. The summed E-state index contributed by atoms with van der Waals surface area (Å²) in [7, 11) is 5.16. The minimum atomic E-state index is 0.00397. The number of nitrogens with zero attached hydrogens (tertiary/aromatic N) is 4. The van der Waals surface area contributed by atoms with Gasteiger partial charge < -0.3 is 25.2 Å². The third-order valence-corrected chi connectivity index (χ3v) is 5.52. The zero-order valence-electron chi connectivity index (χ0n) is 19.5. The molecule has 8 heteroatoms. The SMILES string of the molecule is COc1ccc(CN=C(NCC(=O)N(C)C)NC2CCN(c3cccc(C)n3)CC2)cc1. The molecule has 172 valence electrons. The Balaban J connectivity index is 1.60. The van der Waals surface area contributed by atoms with Crippen LogP contribution >= 0.6 is 0 Å². The summed E-state index contributed by atoms with van der Waals surface area (Å²) in [4.78, 5) is 25.3. The van der Waals surface area contributed by atoms with Gasteiger partial charge in [0.05, 0.1) is 20.2 Å². The van der Waals surface area contributed by atoms with Crippen molar-refractivity contribution in [3.8, 4) is 5.75 Å². The standard InChI is InChI=1S/C24H34N6O2/c1-18-6-5-7-22(27-18)30-14-12-20(13-15-30)28-24(26-17-23(31)29(2)3)25-16-19-8-10-21(32-4)11-9-19/h5-11,20H,12-17H2,1-4H3,(H2,25,26,28). The minimum absolute atomic E-state index is 0.00397. The van der Waals surface area contributed by atoms with E-state index in [0.29, 0.717) is 12.5 Å². The number of carbonyl (C=O) groups excluding carboxylic acids is 1. The maximum atomic E-state index is 12.1. The zero-order chi connectivity index (χ0) is 22.9. The molecule has 2 N–H and O–H groups in total. The minimum Gasteiger partial charge on any atom is -0.497 e. The number of rotatable bonds is 7. The lowest BCUT2D eigenvalue weighted by atomic mass is 10.1. The molecule has 1 amide bonds. The van der Waals surface area contributed by atoms with Crippen LogP contribution in [0.4, 0.5) is 5.82 Å². The van der Waals surface area contributed by atoms with E-state index in [9.17, 15) is 4.79 Å². The van der Waals surface area contributed by atoms with Crippen LogP contribution < -0.4 is 20.3 Å². The molecule has 2 heterocycles. The molecule has 0 radical (unpaired) electrons. The number of anilines is 1. The maximum absolute atomic E-state index is 12.1. The predicted octanol–water partition coefficient (Wildman–Crippen LogP) is 2.19. The lowest BCUT2D eigenvalue weighted by Crippen LogP contribution is -2.50. The van der Waals surface area contributed by atoms with Crippen molar-refractivity contribution < 1.29 is 9.53 Å².